The molecule has 0 unspecified atom stereocenters. The van der Waals surface area contributed by atoms with Gasteiger partial charge in [0.2, 0.25) is 5.89 Å². The van der Waals surface area contributed by atoms with Gasteiger partial charge < -0.3 is 9.63 Å². The number of hydrogen-bond acceptors (Lipinski definition) is 7. The lowest BCUT2D eigenvalue weighted by Crippen LogP contribution is -2.46. The second kappa shape index (κ2) is 6.60. The van der Waals surface area contributed by atoms with Gasteiger partial charge in [-0.3, -0.25) is 4.90 Å². The maximum Gasteiger partial charge on any atom is 0.229 e. The zero-order chi connectivity index (χ0) is 17.3. The molecule has 0 spiro atoms. The van der Waals surface area contributed by atoms with E-state index in [0.717, 1.165) is 13.0 Å². The molecule has 1 saturated heterocycles. The van der Waals surface area contributed by atoms with Crippen LogP contribution >= 0.6 is 0 Å². The Balaban J connectivity index is 1.70. The monoisotopic (exact) mass is 334 g/mol. The van der Waals surface area contributed by atoms with Gasteiger partial charge in [0.25, 0.3) is 0 Å². The zero-order valence-electron chi connectivity index (χ0n) is 14.8. The molecule has 8 nitrogen and oxygen atoms in total. The van der Waals surface area contributed by atoms with Gasteiger partial charge in [0, 0.05) is 18.5 Å². The van der Waals surface area contributed by atoms with Crippen LogP contribution in [0, 0.1) is 0 Å². The molecule has 2 aromatic heterocycles. The van der Waals surface area contributed by atoms with E-state index in [9.17, 15) is 5.11 Å². The summed E-state index contributed by atoms with van der Waals surface area (Å²) in [4.78, 5) is 6.56. The molecule has 8 heteroatoms. The molecular formula is C16H26N6O2. The minimum Gasteiger partial charge on any atom is -0.382 e. The van der Waals surface area contributed by atoms with Gasteiger partial charge >= 0.3 is 0 Å². The maximum atomic E-state index is 11.1. The molecule has 0 bridgehead atoms. The Morgan fingerprint density at radius 1 is 1.33 bits per heavy atom. The molecule has 132 valence electrons. The molecule has 0 amide bonds. The number of nitrogens with zero attached hydrogens (tertiary/aromatic N) is 6. The van der Waals surface area contributed by atoms with Gasteiger partial charge in [-0.25, -0.2) is 4.68 Å². The Labute approximate surface area is 141 Å². The summed E-state index contributed by atoms with van der Waals surface area (Å²) in [5.74, 6) is 1.53. The molecule has 2 aromatic rings. The summed E-state index contributed by atoms with van der Waals surface area (Å²) in [5.41, 5.74) is -0.340. The molecule has 0 radical (unpaired) electrons. The summed E-state index contributed by atoms with van der Waals surface area (Å²) in [6.07, 6.45) is 3.42. The van der Waals surface area contributed by atoms with Gasteiger partial charge in [-0.2, -0.15) is 4.98 Å². The first-order chi connectivity index (χ1) is 11.4. The SMILES string of the molecule is CC(C)c1nc(CN2CCC[C@](O)(c3cn(C(C)C)nn3)C2)no1. The van der Waals surface area contributed by atoms with Crippen molar-refractivity contribution in [3.63, 3.8) is 0 Å². The highest BCUT2D eigenvalue weighted by atomic mass is 16.5. The third-order valence-corrected chi connectivity index (χ3v) is 4.41. The minimum atomic E-state index is -0.976. The van der Waals surface area contributed by atoms with Crippen molar-refractivity contribution < 1.29 is 9.63 Å². The standard InChI is InChI=1S/C16H26N6O2/c1-11(2)15-17-14(19-24-15)9-21-7-5-6-16(23,10-21)13-8-22(12(3)4)20-18-13/h8,11-12,23H,5-7,9-10H2,1-4H3/t16-/m1/s1. The molecule has 1 atom stereocenters. The van der Waals surface area contributed by atoms with Gasteiger partial charge in [0.05, 0.1) is 12.7 Å². The Kier molecular flexibility index (Phi) is 4.69. The summed E-state index contributed by atoms with van der Waals surface area (Å²) in [6, 6.07) is 0.225. The van der Waals surface area contributed by atoms with E-state index in [1.807, 2.05) is 33.9 Å². The van der Waals surface area contributed by atoms with Crippen molar-refractivity contribution in [3.05, 3.63) is 23.6 Å². The van der Waals surface area contributed by atoms with Gasteiger partial charge in [-0.15, -0.1) is 5.10 Å². The average Bonchev–Trinajstić information content (AvgIpc) is 3.16. The maximum absolute atomic E-state index is 11.1. The van der Waals surface area contributed by atoms with Crippen LogP contribution in [0.4, 0.5) is 0 Å². The van der Waals surface area contributed by atoms with Crippen LogP contribution in [0.25, 0.3) is 0 Å². The van der Waals surface area contributed by atoms with Crippen molar-refractivity contribution in [2.24, 2.45) is 0 Å². The third-order valence-electron chi connectivity index (χ3n) is 4.41. The van der Waals surface area contributed by atoms with Crippen molar-refractivity contribution in [2.45, 2.75) is 64.6 Å². The molecule has 24 heavy (non-hydrogen) atoms. The van der Waals surface area contributed by atoms with Gasteiger partial charge in [0.1, 0.15) is 11.3 Å². The summed E-state index contributed by atoms with van der Waals surface area (Å²) in [6.45, 7) is 10.1. The second-order valence-corrected chi connectivity index (χ2v) is 7.23. The van der Waals surface area contributed by atoms with E-state index in [0.29, 0.717) is 36.9 Å². The highest BCUT2D eigenvalue weighted by Crippen LogP contribution is 2.31. The van der Waals surface area contributed by atoms with Gasteiger partial charge in [0.15, 0.2) is 5.82 Å². The lowest BCUT2D eigenvalue weighted by atomic mass is 9.90. The smallest absolute Gasteiger partial charge is 0.229 e. The van der Waals surface area contributed by atoms with Crippen LogP contribution in [0.5, 0.6) is 0 Å². The molecule has 3 rings (SSSR count). The first-order valence-corrected chi connectivity index (χ1v) is 8.57. The van der Waals surface area contributed by atoms with E-state index in [2.05, 4.69) is 25.4 Å². The Morgan fingerprint density at radius 3 is 2.75 bits per heavy atom. The number of hydrogen-bond donors (Lipinski definition) is 1. The van der Waals surface area contributed by atoms with E-state index in [1.54, 1.807) is 4.68 Å². The fraction of sp³-hybridized carbons (Fsp3) is 0.750. The summed E-state index contributed by atoms with van der Waals surface area (Å²) in [7, 11) is 0. The number of likely N-dealkylation sites (tertiary alicyclic amines) is 1. The highest BCUT2D eigenvalue weighted by molar-refractivity contribution is 5.10. The largest absolute Gasteiger partial charge is 0.382 e. The Morgan fingerprint density at radius 2 is 2.12 bits per heavy atom. The van der Waals surface area contributed by atoms with Crippen molar-refractivity contribution in [3.8, 4) is 0 Å². The second-order valence-electron chi connectivity index (χ2n) is 7.23. The summed E-state index contributed by atoms with van der Waals surface area (Å²) < 4.78 is 7.04. The van der Waals surface area contributed by atoms with Crippen molar-refractivity contribution >= 4 is 0 Å². The molecule has 0 saturated carbocycles. The van der Waals surface area contributed by atoms with E-state index in [1.165, 1.54) is 0 Å². The fourth-order valence-corrected chi connectivity index (χ4v) is 2.98. The molecule has 0 aromatic carbocycles. The van der Waals surface area contributed by atoms with E-state index in [-0.39, 0.29) is 12.0 Å². The predicted octanol–water partition coefficient (Wildman–Crippen LogP) is 1.85. The minimum absolute atomic E-state index is 0.218. The zero-order valence-corrected chi connectivity index (χ0v) is 14.8. The number of aliphatic hydroxyl groups is 1. The molecule has 1 N–H and O–H groups in total. The average molecular weight is 334 g/mol. The molecule has 1 aliphatic heterocycles. The first kappa shape index (κ1) is 17.0. The van der Waals surface area contributed by atoms with Crippen LogP contribution < -0.4 is 0 Å². The van der Waals surface area contributed by atoms with Crippen molar-refractivity contribution in [2.75, 3.05) is 13.1 Å². The normalized spacial score (nSPS) is 22.6. The van der Waals surface area contributed by atoms with Crippen LogP contribution in [0.2, 0.25) is 0 Å². The molecular weight excluding hydrogens is 308 g/mol. The van der Waals surface area contributed by atoms with Crippen LogP contribution in [0.3, 0.4) is 0 Å². The van der Waals surface area contributed by atoms with E-state index < -0.39 is 5.60 Å². The van der Waals surface area contributed by atoms with E-state index >= 15 is 0 Å². The number of aromatic nitrogens is 5. The van der Waals surface area contributed by atoms with Gasteiger partial charge in [-0.1, -0.05) is 24.2 Å². The van der Waals surface area contributed by atoms with Crippen LogP contribution in [-0.4, -0.2) is 48.2 Å². The predicted molar refractivity (Wildman–Crippen MR) is 87.2 cm³/mol. The van der Waals surface area contributed by atoms with Crippen LogP contribution in [0.15, 0.2) is 10.7 Å². The summed E-state index contributed by atoms with van der Waals surface area (Å²) >= 11 is 0. The quantitative estimate of drug-likeness (QED) is 0.892. The lowest BCUT2D eigenvalue weighted by molar-refractivity contribution is -0.0422. The topological polar surface area (TPSA) is 93.1 Å². The highest BCUT2D eigenvalue weighted by Gasteiger charge is 2.38. The number of piperidine rings is 1. The molecule has 1 fully saturated rings. The van der Waals surface area contributed by atoms with Crippen molar-refractivity contribution in [1.82, 2.24) is 30.0 Å². The first-order valence-electron chi connectivity index (χ1n) is 8.57. The Hall–Kier alpha value is -1.80. The van der Waals surface area contributed by atoms with Gasteiger partial charge in [-0.05, 0) is 33.2 Å². The van der Waals surface area contributed by atoms with Crippen LogP contribution in [0.1, 0.15) is 69.9 Å². The van der Waals surface area contributed by atoms with E-state index in [4.69, 9.17) is 4.52 Å². The molecule has 0 aliphatic carbocycles. The van der Waals surface area contributed by atoms with Crippen LogP contribution in [-0.2, 0) is 12.1 Å². The molecule has 1 aliphatic rings. The summed E-state index contributed by atoms with van der Waals surface area (Å²) in [5, 5.41) is 23.4. The molecule has 3 heterocycles. The Bertz CT molecular complexity index is 680. The number of rotatable bonds is 5. The lowest BCUT2D eigenvalue weighted by Gasteiger charge is -2.37. The fourth-order valence-electron chi connectivity index (χ4n) is 2.98. The van der Waals surface area contributed by atoms with Crippen molar-refractivity contribution in [1.29, 1.82) is 0 Å². The third kappa shape index (κ3) is 3.49. The number of β-amino-alcohol motifs (C(OH)–C–C–N with tert-alkyl or cyclic N) is 1.